The summed E-state index contributed by atoms with van der Waals surface area (Å²) in [5.74, 6) is 0.238. The normalized spacial score (nSPS) is 26.3. The van der Waals surface area contributed by atoms with E-state index in [4.69, 9.17) is 4.74 Å². The quantitative estimate of drug-likeness (QED) is 0.670. The fraction of sp³-hybridized carbons (Fsp3) is 0.909. The Balaban J connectivity index is 2.30. The average Bonchev–Trinajstić information content (AvgIpc) is 2.53. The molecule has 4 nitrogen and oxygen atoms in total. The van der Waals surface area contributed by atoms with Crippen molar-refractivity contribution in [3.8, 4) is 0 Å². The Bertz CT molecular complexity index is 221. The highest BCUT2D eigenvalue weighted by atomic mass is 16.5. The van der Waals surface area contributed by atoms with Crippen LogP contribution >= 0.6 is 0 Å². The van der Waals surface area contributed by atoms with Crippen molar-refractivity contribution in [1.29, 1.82) is 0 Å². The number of hydrogen-bond donors (Lipinski definition) is 1. The molecule has 1 fully saturated rings. The van der Waals surface area contributed by atoms with Crippen molar-refractivity contribution in [2.45, 2.75) is 38.6 Å². The van der Waals surface area contributed by atoms with Crippen LogP contribution in [0.2, 0.25) is 0 Å². The minimum atomic E-state index is -0.332. The summed E-state index contributed by atoms with van der Waals surface area (Å²) in [6, 6.07) is 0. The zero-order chi connectivity index (χ0) is 11.3. The van der Waals surface area contributed by atoms with Gasteiger partial charge in [-0.1, -0.05) is 6.92 Å². The molecule has 1 unspecified atom stereocenters. The third-order valence-electron chi connectivity index (χ3n) is 3.15. The summed E-state index contributed by atoms with van der Waals surface area (Å²) in [5, 5.41) is 3.27. The molecule has 4 heteroatoms. The predicted molar refractivity (Wildman–Crippen MR) is 59.5 cm³/mol. The van der Waals surface area contributed by atoms with Crippen LogP contribution in [0.5, 0.6) is 0 Å². The van der Waals surface area contributed by atoms with Gasteiger partial charge in [-0.05, 0) is 26.2 Å². The van der Waals surface area contributed by atoms with E-state index in [2.05, 4.69) is 5.32 Å². The standard InChI is InChI=1S/C11H22N2O2/c1-4-11(2)10(14)13(9-12-11)7-5-6-8-15-3/h12H,4-9H2,1-3H3. The first-order chi connectivity index (χ1) is 7.14. The second-order valence-electron chi connectivity index (χ2n) is 4.29. The molecule has 1 aliphatic heterocycles. The molecular formula is C11H22N2O2. The lowest BCUT2D eigenvalue weighted by Gasteiger charge is -2.20. The van der Waals surface area contributed by atoms with Crippen molar-refractivity contribution in [2.24, 2.45) is 0 Å². The number of carbonyl (C=O) groups excluding carboxylic acids is 1. The van der Waals surface area contributed by atoms with Gasteiger partial charge in [0, 0.05) is 20.3 Å². The minimum absolute atomic E-state index is 0.238. The van der Waals surface area contributed by atoms with E-state index in [0.29, 0.717) is 6.67 Å². The van der Waals surface area contributed by atoms with Crippen LogP contribution in [0.25, 0.3) is 0 Å². The van der Waals surface area contributed by atoms with E-state index < -0.39 is 0 Å². The highest BCUT2D eigenvalue weighted by molar-refractivity contribution is 5.87. The summed E-state index contributed by atoms with van der Waals surface area (Å²) in [5.41, 5.74) is -0.332. The van der Waals surface area contributed by atoms with Crippen LogP contribution in [0.1, 0.15) is 33.1 Å². The molecule has 0 aliphatic carbocycles. The summed E-state index contributed by atoms with van der Waals surface area (Å²) < 4.78 is 4.98. The molecule has 0 bridgehead atoms. The lowest BCUT2D eigenvalue weighted by molar-refractivity contribution is -0.132. The summed E-state index contributed by atoms with van der Waals surface area (Å²) in [6.45, 7) is 6.32. The van der Waals surface area contributed by atoms with Crippen LogP contribution < -0.4 is 5.32 Å². The fourth-order valence-electron chi connectivity index (χ4n) is 1.77. The number of unbranched alkanes of at least 4 members (excludes halogenated alkanes) is 1. The highest BCUT2D eigenvalue weighted by Gasteiger charge is 2.40. The Morgan fingerprint density at radius 2 is 2.27 bits per heavy atom. The van der Waals surface area contributed by atoms with Gasteiger partial charge in [-0.15, -0.1) is 0 Å². The van der Waals surface area contributed by atoms with Gasteiger partial charge < -0.3 is 9.64 Å². The van der Waals surface area contributed by atoms with Crippen molar-refractivity contribution in [1.82, 2.24) is 10.2 Å². The van der Waals surface area contributed by atoms with Crippen LogP contribution in [-0.2, 0) is 9.53 Å². The van der Waals surface area contributed by atoms with Crippen LogP contribution in [0.15, 0.2) is 0 Å². The number of nitrogens with zero attached hydrogens (tertiary/aromatic N) is 1. The lowest BCUT2D eigenvalue weighted by atomic mass is 9.99. The molecule has 1 heterocycles. The van der Waals surface area contributed by atoms with Gasteiger partial charge in [-0.3, -0.25) is 10.1 Å². The van der Waals surface area contributed by atoms with E-state index in [9.17, 15) is 4.79 Å². The third-order valence-corrected chi connectivity index (χ3v) is 3.15. The van der Waals surface area contributed by atoms with Crippen molar-refractivity contribution < 1.29 is 9.53 Å². The Morgan fingerprint density at radius 1 is 1.53 bits per heavy atom. The maximum absolute atomic E-state index is 12.0. The Hall–Kier alpha value is -0.610. The first-order valence-corrected chi connectivity index (χ1v) is 5.67. The summed E-state index contributed by atoms with van der Waals surface area (Å²) in [7, 11) is 1.71. The van der Waals surface area contributed by atoms with Gasteiger partial charge in [0.15, 0.2) is 0 Å². The first kappa shape index (κ1) is 12.5. The molecule has 1 saturated heterocycles. The molecular weight excluding hydrogens is 192 g/mol. The summed E-state index contributed by atoms with van der Waals surface area (Å²) >= 11 is 0. The molecule has 0 radical (unpaired) electrons. The first-order valence-electron chi connectivity index (χ1n) is 5.67. The van der Waals surface area contributed by atoms with Gasteiger partial charge >= 0.3 is 0 Å². The fourth-order valence-corrected chi connectivity index (χ4v) is 1.77. The number of nitrogens with one attached hydrogen (secondary N) is 1. The molecule has 1 atom stereocenters. The summed E-state index contributed by atoms with van der Waals surface area (Å²) in [4.78, 5) is 13.9. The van der Waals surface area contributed by atoms with E-state index >= 15 is 0 Å². The average molecular weight is 214 g/mol. The molecule has 15 heavy (non-hydrogen) atoms. The SMILES string of the molecule is CCC1(C)NCN(CCCCOC)C1=O. The van der Waals surface area contributed by atoms with Gasteiger partial charge in [0.1, 0.15) is 0 Å². The molecule has 1 aliphatic rings. The predicted octanol–water partition coefficient (Wildman–Crippen LogP) is 0.971. The molecule has 1 N–H and O–H groups in total. The van der Waals surface area contributed by atoms with Crippen LogP contribution in [0.3, 0.4) is 0 Å². The Kier molecular flexibility index (Phi) is 4.54. The van der Waals surface area contributed by atoms with Gasteiger partial charge in [-0.25, -0.2) is 0 Å². The second kappa shape index (κ2) is 5.47. The minimum Gasteiger partial charge on any atom is -0.385 e. The topological polar surface area (TPSA) is 41.6 Å². The van der Waals surface area contributed by atoms with E-state index in [1.54, 1.807) is 7.11 Å². The van der Waals surface area contributed by atoms with E-state index in [0.717, 1.165) is 32.4 Å². The molecule has 1 amide bonds. The number of carbonyl (C=O) groups is 1. The summed E-state index contributed by atoms with van der Waals surface area (Å²) in [6.07, 6.45) is 2.88. The maximum Gasteiger partial charge on any atom is 0.243 e. The third kappa shape index (κ3) is 2.92. The van der Waals surface area contributed by atoms with Crippen LogP contribution in [-0.4, -0.2) is 43.3 Å². The van der Waals surface area contributed by atoms with E-state index in [1.165, 1.54) is 0 Å². The lowest BCUT2D eigenvalue weighted by Crippen LogP contribution is -2.43. The van der Waals surface area contributed by atoms with Gasteiger partial charge in [0.05, 0.1) is 12.2 Å². The molecule has 0 saturated carbocycles. The molecule has 0 spiro atoms. The van der Waals surface area contributed by atoms with Crippen molar-refractivity contribution in [2.75, 3.05) is 26.9 Å². The molecule has 0 aromatic rings. The molecule has 1 rings (SSSR count). The Morgan fingerprint density at radius 3 is 2.80 bits per heavy atom. The van der Waals surface area contributed by atoms with E-state index in [1.807, 2.05) is 18.7 Å². The molecule has 88 valence electrons. The zero-order valence-electron chi connectivity index (χ0n) is 10.0. The van der Waals surface area contributed by atoms with Crippen molar-refractivity contribution >= 4 is 5.91 Å². The Labute approximate surface area is 92.0 Å². The van der Waals surface area contributed by atoms with Crippen LogP contribution in [0.4, 0.5) is 0 Å². The smallest absolute Gasteiger partial charge is 0.243 e. The maximum atomic E-state index is 12.0. The van der Waals surface area contributed by atoms with Crippen LogP contribution in [0, 0.1) is 0 Å². The second-order valence-corrected chi connectivity index (χ2v) is 4.29. The van der Waals surface area contributed by atoms with Gasteiger partial charge in [0.25, 0.3) is 0 Å². The van der Waals surface area contributed by atoms with Crippen molar-refractivity contribution in [3.05, 3.63) is 0 Å². The zero-order valence-corrected chi connectivity index (χ0v) is 10.0. The monoisotopic (exact) mass is 214 g/mol. The van der Waals surface area contributed by atoms with E-state index in [-0.39, 0.29) is 11.4 Å². The molecule has 0 aromatic heterocycles. The number of ether oxygens (including phenoxy) is 1. The van der Waals surface area contributed by atoms with Gasteiger partial charge in [0.2, 0.25) is 5.91 Å². The van der Waals surface area contributed by atoms with Crippen molar-refractivity contribution in [3.63, 3.8) is 0 Å². The molecule has 0 aromatic carbocycles. The number of methoxy groups -OCH3 is 1. The highest BCUT2D eigenvalue weighted by Crippen LogP contribution is 2.19. The largest absolute Gasteiger partial charge is 0.385 e. The number of rotatable bonds is 6. The number of hydrogen-bond acceptors (Lipinski definition) is 3. The van der Waals surface area contributed by atoms with Gasteiger partial charge in [-0.2, -0.15) is 0 Å². The number of amides is 1.